The van der Waals surface area contributed by atoms with Gasteiger partial charge in [-0.25, -0.2) is 4.79 Å². The van der Waals surface area contributed by atoms with Crippen LogP contribution in [0.25, 0.3) is 6.08 Å². The SMILES string of the molecule is COc1ccc(C[C@H]2NC(=O)/C=C/C[C@@H](C/C=C/c3ccccc3)OC(=O)[C@H](CC(C)C)OC(=O)[C@H](C)CNC2=O)cc1. The van der Waals surface area contributed by atoms with Gasteiger partial charge in [0, 0.05) is 25.8 Å². The van der Waals surface area contributed by atoms with Crippen LogP contribution in [0.3, 0.4) is 0 Å². The molecular formula is C34H42N2O7. The molecule has 0 bridgehead atoms. The van der Waals surface area contributed by atoms with E-state index in [4.69, 9.17) is 14.2 Å². The standard InChI is InChI=1S/C34H42N2O7/c1-23(2)20-30-34(40)42-28(13-8-12-25-10-6-5-7-11-25)14-9-15-31(37)36-29(21-26-16-18-27(41-4)19-17-26)32(38)35-22-24(3)33(39)43-30/h5-12,15-19,23-24,28-30H,13-14,20-22H2,1-4H3,(H,35,38)(H,36,37)/b12-8+,15-9+/t24-,28-,29-,30+/m1/s1. The van der Waals surface area contributed by atoms with Crippen LogP contribution in [-0.2, 0) is 35.1 Å². The Morgan fingerprint density at radius 2 is 1.70 bits per heavy atom. The molecule has 0 aliphatic carbocycles. The number of benzene rings is 2. The molecule has 1 aliphatic rings. The molecule has 9 nitrogen and oxygen atoms in total. The number of hydrogen-bond acceptors (Lipinski definition) is 7. The molecular weight excluding hydrogens is 548 g/mol. The summed E-state index contributed by atoms with van der Waals surface area (Å²) in [5.41, 5.74) is 1.82. The molecule has 4 atom stereocenters. The Hall–Kier alpha value is -4.40. The van der Waals surface area contributed by atoms with Gasteiger partial charge in [0.1, 0.15) is 17.9 Å². The summed E-state index contributed by atoms with van der Waals surface area (Å²) in [6.45, 7) is 5.43. The molecule has 0 fully saturated rings. The number of methoxy groups -OCH3 is 1. The third-order valence-corrected chi connectivity index (χ3v) is 6.88. The van der Waals surface area contributed by atoms with Crippen LogP contribution in [0.5, 0.6) is 5.75 Å². The van der Waals surface area contributed by atoms with Gasteiger partial charge in [0.15, 0.2) is 6.10 Å². The van der Waals surface area contributed by atoms with Gasteiger partial charge in [-0.15, -0.1) is 0 Å². The first-order valence-electron chi connectivity index (χ1n) is 14.6. The van der Waals surface area contributed by atoms with Crippen LogP contribution in [0.4, 0.5) is 0 Å². The smallest absolute Gasteiger partial charge is 0.347 e. The van der Waals surface area contributed by atoms with Gasteiger partial charge < -0.3 is 24.8 Å². The highest BCUT2D eigenvalue weighted by Gasteiger charge is 2.30. The van der Waals surface area contributed by atoms with Gasteiger partial charge in [-0.2, -0.15) is 0 Å². The Morgan fingerprint density at radius 3 is 2.37 bits per heavy atom. The van der Waals surface area contributed by atoms with Crippen LogP contribution >= 0.6 is 0 Å². The number of hydrogen-bond donors (Lipinski definition) is 2. The maximum absolute atomic E-state index is 13.2. The lowest BCUT2D eigenvalue weighted by Crippen LogP contribution is -2.49. The van der Waals surface area contributed by atoms with E-state index in [1.165, 1.54) is 6.08 Å². The average molecular weight is 591 g/mol. The van der Waals surface area contributed by atoms with E-state index in [1.54, 1.807) is 32.2 Å². The zero-order valence-electron chi connectivity index (χ0n) is 25.3. The molecule has 3 rings (SSSR count). The molecule has 0 aromatic heterocycles. The second kappa shape index (κ2) is 16.9. The van der Waals surface area contributed by atoms with Gasteiger partial charge in [0.05, 0.1) is 13.0 Å². The van der Waals surface area contributed by atoms with E-state index in [1.807, 2.05) is 68.5 Å². The number of rotatable bonds is 8. The molecule has 230 valence electrons. The normalized spacial score (nSPS) is 23.3. The minimum atomic E-state index is -1.09. The van der Waals surface area contributed by atoms with E-state index in [0.29, 0.717) is 18.6 Å². The molecule has 2 aromatic rings. The predicted molar refractivity (Wildman–Crippen MR) is 164 cm³/mol. The van der Waals surface area contributed by atoms with E-state index in [2.05, 4.69) is 10.6 Å². The van der Waals surface area contributed by atoms with Gasteiger partial charge in [-0.05, 0) is 41.7 Å². The van der Waals surface area contributed by atoms with Crippen molar-refractivity contribution in [2.24, 2.45) is 11.8 Å². The van der Waals surface area contributed by atoms with Crippen molar-refractivity contribution in [1.29, 1.82) is 0 Å². The van der Waals surface area contributed by atoms with Crippen LogP contribution in [-0.4, -0.2) is 55.7 Å². The molecule has 1 heterocycles. The van der Waals surface area contributed by atoms with Gasteiger partial charge >= 0.3 is 11.9 Å². The van der Waals surface area contributed by atoms with Gasteiger partial charge in [-0.3, -0.25) is 14.4 Å². The highest BCUT2D eigenvalue weighted by Crippen LogP contribution is 2.18. The third-order valence-electron chi connectivity index (χ3n) is 6.88. The number of amides is 2. The quantitative estimate of drug-likeness (QED) is 0.437. The molecule has 0 saturated carbocycles. The summed E-state index contributed by atoms with van der Waals surface area (Å²) in [5.74, 6) is -2.16. The van der Waals surface area contributed by atoms with Crippen molar-refractivity contribution in [1.82, 2.24) is 10.6 Å². The van der Waals surface area contributed by atoms with Crippen molar-refractivity contribution in [2.75, 3.05) is 13.7 Å². The number of nitrogens with one attached hydrogen (secondary N) is 2. The van der Waals surface area contributed by atoms with E-state index in [-0.39, 0.29) is 25.3 Å². The van der Waals surface area contributed by atoms with E-state index in [9.17, 15) is 19.2 Å². The highest BCUT2D eigenvalue weighted by molar-refractivity contribution is 5.93. The molecule has 9 heteroatoms. The first kappa shape index (κ1) is 33.1. The van der Waals surface area contributed by atoms with E-state index >= 15 is 0 Å². The fourth-order valence-electron chi connectivity index (χ4n) is 4.44. The van der Waals surface area contributed by atoms with Crippen molar-refractivity contribution < 1.29 is 33.4 Å². The van der Waals surface area contributed by atoms with Gasteiger partial charge in [-0.1, -0.05) is 81.5 Å². The Morgan fingerprint density at radius 1 is 0.977 bits per heavy atom. The molecule has 1 aliphatic heterocycles. The van der Waals surface area contributed by atoms with Crippen LogP contribution in [0.15, 0.2) is 72.8 Å². The van der Waals surface area contributed by atoms with Crippen molar-refractivity contribution in [2.45, 2.75) is 64.7 Å². The zero-order valence-corrected chi connectivity index (χ0v) is 25.3. The molecule has 0 saturated heterocycles. The highest BCUT2D eigenvalue weighted by atomic mass is 16.6. The molecule has 0 spiro atoms. The molecule has 2 amide bonds. The second-order valence-electron chi connectivity index (χ2n) is 11.1. The maximum Gasteiger partial charge on any atom is 0.347 e. The lowest BCUT2D eigenvalue weighted by molar-refractivity contribution is -0.174. The second-order valence-corrected chi connectivity index (χ2v) is 11.1. The summed E-state index contributed by atoms with van der Waals surface area (Å²) in [7, 11) is 1.57. The van der Waals surface area contributed by atoms with Crippen molar-refractivity contribution >= 4 is 29.8 Å². The maximum atomic E-state index is 13.2. The summed E-state index contributed by atoms with van der Waals surface area (Å²) >= 11 is 0. The van der Waals surface area contributed by atoms with Crippen molar-refractivity contribution in [3.63, 3.8) is 0 Å². The van der Waals surface area contributed by atoms with Crippen molar-refractivity contribution in [3.05, 3.63) is 84.0 Å². The van der Waals surface area contributed by atoms with Crippen LogP contribution in [0.2, 0.25) is 0 Å². The number of ether oxygens (including phenoxy) is 3. The summed E-state index contributed by atoms with van der Waals surface area (Å²) in [6, 6.07) is 16.0. The van der Waals surface area contributed by atoms with Crippen LogP contribution in [0.1, 0.15) is 51.2 Å². The number of carbonyl (C=O) groups excluding carboxylic acids is 4. The van der Waals surface area contributed by atoms with Gasteiger partial charge in [0.2, 0.25) is 11.8 Å². The van der Waals surface area contributed by atoms with Crippen molar-refractivity contribution in [3.8, 4) is 5.75 Å². The Kier molecular flexibility index (Phi) is 13.0. The molecule has 0 unspecified atom stereocenters. The Labute approximate surface area is 253 Å². The largest absolute Gasteiger partial charge is 0.497 e. The molecule has 0 radical (unpaired) electrons. The Balaban J connectivity index is 1.84. The number of carbonyl (C=O) groups is 4. The number of cyclic esters (lactones) is 2. The van der Waals surface area contributed by atoms with E-state index in [0.717, 1.165) is 11.1 Å². The van der Waals surface area contributed by atoms with Gasteiger partial charge in [0.25, 0.3) is 0 Å². The van der Waals surface area contributed by atoms with Crippen LogP contribution in [0, 0.1) is 11.8 Å². The fourth-order valence-corrected chi connectivity index (χ4v) is 4.44. The third kappa shape index (κ3) is 11.4. The monoisotopic (exact) mass is 590 g/mol. The lowest BCUT2D eigenvalue weighted by Gasteiger charge is -2.24. The first-order chi connectivity index (χ1) is 20.6. The lowest BCUT2D eigenvalue weighted by atomic mass is 10.0. The summed E-state index contributed by atoms with van der Waals surface area (Å²) < 4.78 is 16.7. The summed E-state index contributed by atoms with van der Waals surface area (Å²) in [4.78, 5) is 52.2. The van der Waals surface area contributed by atoms with Crippen LogP contribution < -0.4 is 15.4 Å². The minimum absolute atomic E-state index is 0.0289. The first-order valence-corrected chi connectivity index (χ1v) is 14.6. The predicted octanol–water partition coefficient (Wildman–Crippen LogP) is 4.41. The molecule has 2 N–H and O–H groups in total. The molecule has 2 aromatic carbocycles. The fraction of sp³-hybridized carbons (Fsp3) is 0.412. The molecule has 43 heavy (non-hydrogen) atoms. The Bertz CT molecular complexity index is 1270. The minimum Gasteiger partial charge on any atom is -0.497 e. The van der Waals surface area contributed by atoms with E-state index < -0.39 is 47.9 Å². The zero-order chi connectivity index (χ0) is 31.2. The summed E-state index contributed by atoms with van der Waals surface area (Å²) in [5, 5.41) is 5.50. The summed E-state index contributed by atoms with van der Waals surface area (Å²) in [6.07, 6.45) is 6.25. The topological polar surface area (TPSA) is 120 Å². The average Bonchev–Trinajstić information content (AvgIpc) is 2.99. The number of esters is 2.